The molecule has 2 rings (SSSR count). The topological polar surface area (TPSA) is 65.0 Å². The second-order valence-corrected chi connectivity index (χ2v) is 8.02. The highest BCUT2D eigenvalue weighted by atomic mass is 33.1. The minimum atomic E-state index is -0.230. The Hall–Kier alpha value is -0.890. The van der Waals surface area contributed by atoms with Crippen molar-refractivity contribution in [3.05, 3.63) is 29.8 Å². The standard InChI is InChI=1S/C17H24O5S2/c18-8-11-23-24-12-10-20-16(19)13-14-4-6-15(7-5-14)22-17-3-1-2-9-21-17/h4-7,17-18H,1-3,8-13H2. The van der Waals surface area contributed by atoms with E-state index in [0.29, 0.717) is 12.4 Å². The van der Waals surface area contributed by atoms with E-state index in [1.54, 1.807) is 21.6 Å². The molecule has 1 aliphatic heterocycles. The van der Waals surface area contributed by atoms with Gasteiger partial charge in [0.1, 0.15) is 12.4 Å². The first-order valence-corrected chi connectivity index (χ1v) is 10.6. The van der Waals surface area contributed by atoms with Crippen molar-refractivity contribution in [3.8, 4) is 5.75 Å². The van der Waals surface area contributed by atoms with Crippen molar-refractivity contribution in [3.63, 3.8) is 0 Å². The Labute approximate surface area is 150 Å². The summed E-state index contributed by atoms with van der Waals surface area (Å²) < 4.78 is 16.5. The van der Waals surface area contributed by atoms with Gasteiger partial charge in [-0.05, 0) is 30.5 Å². The van der Waals surface area contributed by atoms with Crippen molar-refractivity contribution < 1.29 is 24.1 Å². The van der Waals surface area contributed by atoms with Gasteiger partial charge in [0.25, 0.3) is 0 Å². The number of hydrogen-bond donors (Lipinski definition) is 1. The minimum Gasteiger partial charge on any atom is -0.465 e. The summed E-state index contributed by atoms with van der Waals surface area (Å²) in [5, 5.41) is 8.65. The third-order valence-electron chi connectivity index (χ3n) is 3.36. The van der Waals surface area contributed by atoms with Crippen molar-refractivity contribution in [1.82, 2.24) is 0 Å². The number of esters is 1. The molecule has 0 aromatic heterocycles. The van der Waals surface area contributed by atoms with Crippen LogP contribution in [-0.2, 0) is 20.7 Å². The maximum Gasteiger partial charge on any atom is 0.310 e. The molecule has 1 heterocycles. The molecule has 24 heavy (non-hydrogen) atoms. The molecule has 0 radical (unpaired) electrons. The van der Waals surface area contributed by atoms with Crippen LogP contribution in [0.4, 0.5) is 0 Å². The second-order valence-electron chi connectivity index (χ2n) is 5.32. The van der Waals surface area contributed by atoms with Crippen LogP contribution >= 0.6 is 21.6 Å². The van der Waals surface area contributed by atoms with Gasteiger partial charge < -0.3 is 19.3 Å². The predicted molar refractivity (Wildman–Crippen MR) is 97.3 cm³/mol. The lowest BCUT2D eigenvalue weighted by molar-refractivity contribution is -0.142. The molecule has 0 aliphatic carbocycles. The lowest BCUT2D eigenvalue weighted by Crippen LogP contribution is -2.24. The van der Waals surface area contributed by atoms with Gasteiger partial charge in [-0.25, -0.2) is 0 Å². The minimum absolute atomic E-state index is 0.157. The summed E-state index contributed by atoms with van der Waals surface area (Å²) in [6, 6.07) is 7.49. The molecule has 0 amide bonds. The third-order valence-corrected chi connectivity index (χ3v) is 5.71. The van der Waals surface area contributed by atoms with Crippen LogP contribution in [0.25, 0.3) is 0 Å². The van der Waals surface area contributed by atoms with Gasteiger partial charge in [-0.2, -0.15) is 0 Å². The summed E-state index contributed by atoms with van der Waals surface area (Å²) in [6.07, 6.45) is 3.25. The van der Waals surface area contributed by atoms with E-state index in [1.807, 2.05) is 24.3 Å². The molecule has 1 aromatic carbocycles. The summed E-state index contributed by atoms with van der Waals surface area (Å²) in [5.41, 5.74) is 0.902. The van der Waals surface area contributed by atoms with Gasteiger partial charge >= 0.3 is 5.97 Å². The number of carbonyl (C=O) groups excluding carboxylic acids is 1. The van der Waals surface area contributed by atoms with Crippen LogP contribution < -0.4 is 4.74 Å². The average Bonchev–Trinajstić information content (AvgIpc) is 2.61. The van der Waals surface area contributed by atoms with Crippen molar-refractivity contribution in [1.29, 1.82) is 0 Å². The number of benzene rings is 1. The Bertz CT molecular complexity index is 474. The smallest absolute Gasteiger partial charge is 0.310 e. The van der Waals surface area contributed by atoms with Crippen molar-refractivity contribution in [2.75, 3.05) is 31.3 Å². The van der Waals surface area contributed by atoms with E-state index in [2.05, 4.69) is 0 Å². The fourth-order valence-electron chi connectivity index (χ4n) is 2.20. The van der Waals surface area contributed by atoms with Gasteiger partial charge in [0.05, 0.1) is 19.6 Å². The van der Waals surface area contributed by atoms with Crippen molar-refractivity contribution in [2.24, 2.45) is 0 Å². The van der Waals surface area contributed by atoms with Crippen LogP contribution in [0.3, 0.4) is 0 Å². The van der Waals surface area contributed by atoms with Gasteiger partial charge in [0.15, 0.2) is 6.29 Å². The normalized spacial score (nSPS) is 17.5. The largest absolute Gasteiger partial charge is 0.465 e. The van der Waals surface area contributed by atoms with Gasteiger partial charge in [-0.3, -0.25) is 4.79 Å². The monoisotopic (exact) mass is 372 g/mol. The maximum absolute atomic E-state index is 11.8. The van der Waals surface area contributed by atoms with E-state index in [1.165, 1.54) is 0 Å². The quantitative estimate of drug-likeness (QED) is 0.385. The van der Waals surface area contributed by atoms with Gasteiger partial charge in [0, 0.05) is 17.9 Å². The zero-order valence-electron chi connectivity index (χ0n) is 13.6. The Morgan fingerprint density at radius 1 is 1.21 bits per heavy atom. The van der Waals surface area contributed by atoms with Crippen LogP contribution in [0.2, 0.25) is 0 Å². The highest BCUT2D eigenvalue weighted by molar-refractivity contribution is 8.76. The van der Waals surface area contributed by atoms with E-state index < -0.39 is 0 Å². The summed E-state index contributed by atoms with van der Waals surface area (Å²) in [7, 11) is 3.17. The summed E-state index contributed by atoms with van der Waals surface area (Å²) >= 11 is 0. The number of aliphatic hydroxyl groups is 1. The molecule has 0 spiro atoms. The maximum atomic E-state index is 11.8. The highest BCUT2D eigenvalue weighted by Gasteiger charge is 2.15. The van der Waals surface area contributed by atoms with Crippen LogP contribution in [0.1, 0.15) is 24.8 Å². The Morgan fingerprint density at radius 3 is 2.71 bits per heavy atom. The molecule has 1 aliphatic rings. The summed E-state index contributed by atoms with van der Waals surface area (Å²) in [5.74, 6) is 1.95. The van der Waals surface area contributed by atoms with E-state index in [-0.39, 0.29) is 25.3 Å². The molecule has 1 fully saturated rings. The zero-order valence-corrected chi connectivity index (χ0v) is 15.3. The Morgan fingerprint density at radius 2 is 2.00 bits per heavy atom. The fourth-order valence-corrected chi connectivity index (χ4v) is 3.80. The zero-order chi connectivity index (χ0) is 17.0. The molecule has 1 N–H and O–H groups in total. The fraction of sp³-hybridized carbons (Fsp3) is 0.588. The number of aliphatic hydroxyl groups excluding tert-OH is 1. The first-order valence-electron chi connectivity index (χ1n) is 8.16. The van der Waals surface area contributed by atoms with Crippen LogP contribution in [0.15, 0.2) is 24.3 Å². The average molecular weight is 373 g/mol. The van der Waals surface area contributed by atoms with Crippen molar-refractivity contribution >= 4 is 27.6 Å². The Balaban J connectivity index is 1.64. The van der Waals surface area contributed by atoms with Gasteiger partial charge in [-0.1, -0.05) is 33.7 Å². The molecule has 0 bridgehead atoms. The lowest BCUT2D eigenvalue weighted by atomic mass is 10.1. The molecule has 1 atom stereocenters. The van der Waals surface area contributed by atoms with Crippen LogP contribution in [0, 0.1) is 0 Å². The number of hydrogen-bond acceptors (Lipinski definition) is 7. The number of ether oxygens (including phenoxy) is 3. The van der Waals surface area contributed by atoms with Crippen LogP contribution in [0.5, 0.6) is 5.75 Å². The van der Waals surface area contributed by atoms with Crippen LogP contribution in [-0.4, -0.2) is 48.7 Å². The second kappa shape index (κ2) is 11.6. The molecule has 1 unspecified atom stereocenters. The Kier molecular flexibility index (Phi) is 9.42. The summed E-state index contributed by atoms with van der Waals surface area (Å²) in [4.78, 5) is 11.8. The number of carbonyl (C=O) groups is 1. The van der Waals surface area contributed by atoms with E-state index >= 15 is 0 Å². The molecular weight excluding hydrogens is 348 g/mol. The third kappa shape index (κ3) is 7.79. The summed E-state index contributed by atoms with van der Waals surface area (Å²) in [6.45, 7) is 1.32. The predicted octanol–water partition coefficient (Wildman–Crippen LogP) is 3.05. The molecule has 1 aromatic rings. The number of rotatable bonds is 10. The first kappa shape index (κ1) is 19.4. The van der Waals surface area contributed by atoms with Crippen molar-refractivity contribution in [2.45, 2.75) is 32.0 Å². The van der Waals surface area contributed by atoms with Gasteiger partial charge in [0.2, 0.25) is 0 Å². The lowest BCUT2D eigenvalue weighted by Gasteiger charge is -2.23. The molecule has 0 saturated carbocycles. The molecule has 5 nitrogen and oxygen atoms in total. The first-order chi connectivity index (χ1) is 11.8. The molecule has 1 saturated heterocycles. The van der Waals surface area contributed by atoms with Gasteiger partial charge in [-0.15, -0.1) is 0 Å². The van der Waals surface area contributed by atoms with E-state index in [4.69, 9.17) is 19.3 Å². The highest BCUT2D eigenvalue weighted by Crippen LogP contribution is 2.21. The van der Waals surface area contributed by atoms with E-state index in [9.17, 15) is 4.79 Å². The van der Waals surface area contributed by atoms with E-state index in [0.717, 1.165) is 42.9 Å². The molecular formula is C17H24O5S2. The molecule has 134 valence electrons. The molecule has 7 heteroatoms. The SMILES string of the molecule is O=C(Cc1ccc(OC2CCCCO2)cc1)OCCSSCCO.